The van der Waals surface area contributed by atoms with E-state index in [-0.39, 0.29) is 5.78 Å². The van der Waals surface area contributed by atoms with Crippen LogP contribution in [0.4, 0.5) is 0 Å². The van der Waals surface area contributed by atoms with E-state index in [1.807, 2.05) is 73.0 Å². The van der Waals surface area contributed by atoms with Crippen molar-refractivity contribution in [2.24, 2.45) is 0 Å². The van der Waals surface area contributed by atoms with Crippen LogP contribution >= 0.6 is 0 Å². The maximum Gasteiger partial charge on any atom is 0.234 e. The van der Waals surface area contributed by atoms with Gasteiger partial charge in [-0.1, -0.05) is 72.8 Å². The lowest BCUT2D eigenvalue weighted by Gasteiger charge is -2.09. The Morgan fingerprint density at radius 3 is 2.00 bits per heavy atom. The molecule has 0 bridgehead atoms. The van der Waals surface area contributed by atoms with Crippen LogP contribution in [0, 0.1) is 0 Å². The van der Waals surface area contributed by atoms with Crippen molar-refractivity contribution >= 4 is 33.6 Å². The SMILES string of the molecule is O=[C]c1c(C(=O)c2cccc3ccccc23)ccc2ccccc12. The van der Waals surface area contributed by atoms with Gasteiger partial charge in [-0.25, -0.2) is 0 Å². The van der Waals surface area contributed by atoms with Gasteiger partial charge in [-0.15, -0.1) is 0 Å². The van der Waals surface area contributed by atoms with E-state index in [1.54, 1.807) is 12.1 Å². The van der Waals surface area contributed by atoms with Crippen LogP contribution in [0.3, 0.4) is 0 Å². The molecule has 24 heavy (non-hydrogen) atoms. The van der Waals surface area contributed by atoms with E-state index in [4.69, 9.17) is 0 Å². The average molecular weight is 309 g/mol. The standard InChI is InChI=1S/C22H13O2/c23-14-21-18-10-4-2-7-16(18)12-13-20(21)22(24)19-11-5-8-15-6-1-3-9-17(15)19/h1-13H. The molecule has 0 amide bonds. The average Bonchev–Trinajstić information content (AvgIpc) is 2.66. The minimum absolute atomic E-state index is 0.157. The number of fused-ring (bicyclic) bond motifs is 2. The summed E-state index contributed by atoms with van der Waals surface area (Å²) in [6.07, 6.45) is 1.97. The summed E-state index contributed by atoms with van der Waals surface area (Å²) < 4.78 is 0. The summed E-state index contributed by atoms with van der Waals surface area (Å²) in [5.41, 5.74) is 1.31. The number of rotatable bonds is 3. The number of ketones is 1. The lowest BCUT2D eigenvalue weighted by molar-refractivity contribution is 0.104. The molecule has 0 unspecified atom stereocenters. The highest BCUT2D eigenvalue weighted by Crippen LogP contribution is 2.26. The summed E-state index contributed by atoms with van der Waals surface area (Å²) in [7, 11) is 0. The summed E-state index contributed by atoms with van der Waals surface area (Å²) in [5, 5.41) is 3.56. The predicted octanol–water partition coefficient (Wildman–Crippen LogP) is 4.68. The fourth-order valence-electron chi connectivity index (χ4n) is 3.14. The number of carbonyl (C=O) groups is 1. The van der Waals surface area contributed by atoms with Crippen LogP contribution in [0.5, 0.6) is 0 Å². The van der Waals surface area contributed by atoms with Crippen LogP contribution in [0.1, 0.15) is 21.5 Å². The van der Waals surface area contributed by atoms with Gasteiger partial charge in [0, 0.05) is 16.7 Å². The molecule has 0 fully saturated rings. The molecule has 0 N–H and O–H groups in total. The largest absolute Gasteiger partial charge is 0.289 e. The van der Waals surface area contributed by atoms with Gasteiger partial charge >= 0.3 is 0 Å². The zero-order valence-corrected chi connectivity index (χ0v) is 12.8. The van der Waals surface area contributed by atoms with Gasteiger partial charge in [0.2, 0.25) is 6.29 Å². The van der Waals surface area contributed by atoms with Crippen molar-refractivity contribution in [3.05, 3.63) is 95.6 Å². The number of hydrogen-bond donors (Lipinski definition) is 0. The van der Waals surface area contributed by atoms with Gasteiger partial charge in [0.05, 0.1) is 0 Å². The Hall–Kier alpha value is -3.26. The molecule has 1 radical (unpaired) electrons. The van der Waals surface area contributed by atoms with Crippen LogP contribution in [0.2, 0.25) is 0 Å². The van der Waals surface area contributed by atoms with Gasteiger partial charge in [0.25, 0.3) is 0 Å². The quantitative estimate of drug-likeness (QED) is 0.515. The van der Waals surface area contributed by atoms with E-state index >= 15 is 0 Å². The topological polar surface area (TPSA) is 34.1 Å². The van der Waals surface area contributed by atoms with Crippen LogP contribution in [0.25, 0.3) is 21.5 Å². The van der Waals surface area contributed by atoms with Crippen molar-refractivity contribution in [3.8, 4) is 0 Å². The minimum Gasteiger partial charge on any atom is -0.289 e. The third kappa shape index (κ3) is 2.20. The first-order chi connectivity index (χ1) is 11.8. The fourth-order valence-corrected chi connectivity index (χ4v) is 3.14. The number of hydrogen-bond acceptors (Lipinski definition) is 2. The molecule has 4 aromatic rings. The molecule has 0 saturated heterocycles. The van der Waals surface area contributed by atoms with Gasteiger partial charge in [0.15, 0.2) is 5.78 Å². The predicted molar refractivity (Wildman–Crippen MR) is 96.1 cm³/mol. The highest BCUT2D eigenvalue weighted by molar-refractivity contribution is 6.21. The number of carbonyl (C=O) groups excluding carboxylic acids is 2. The molecule has 4 aromatic carbocycles. The molecule has 0 saturated carbocycles. The van der Waals surface area contributed by atoms with Gasteiger partial charge < -0.3 is 0 Å². The molecular weight excluding hydrogens is 296 g/mol. The van der Waals surface area contributed by atoms with Crippen molar-refractivity contribution in [3.63, 3.8) is 0 Å². The first-order valence-corrected chi connectivity index (χ1v) is 7.72. The molecule has 0 aliphatic heterocycles. The smallest absolute Gasteiger partial charge is 0.234 e. The molecule has 0 aromatic heterocycles. The van der Waals surface area contributed by atoms with Gasteiger partial charge in [-0.3, -0.25) is 9.59 Å². The van der Waals surface area contributed by atoms with Crippen molar-refractivity contribution in [1.29, 1.82) is 0 Å². The van der Waals surface area contributed by atoms with E-state index in [0.29, 0.717) is 16.7 Å². The van der Waals surface area contributed by atoms with Gasteiger partial charge in [-0.05, 0) is 27.6 Å². The molecule has 113 valence electrons. The molecule has 0 heterocycles. The maximum absolute atomic E-state index is 13.1. The number of benzene rings is 4. The normalized spacial score (nSPS) is 10.8. The Balaban J connectivity index is 1.97. The summed E-state index contributed by atoms with van der Waals surface area (Å²) >= 11 is 0. The minimum atomic E-state index is -0.157. The summed E-state index contributed by atoms with van der Waals surface area (Å²) in [4.78, 5) is 24.7. The third-order valence-electron chi connectivity index (χ3n) is 4.31. The second kappa shape index (κ2) is 5.74. The van der Waals surface area contributed by atoms with Crippen LogP contribution in [-0.4, -0.2) is 12.1 Å². The maximum atomic E-state index is 13.1. The van der Waals surface area contributed by atoms with E-state index in [9.17, 15) is 9.59 Å². The van der Waals surface area contributed by atoms with E-state index in [0.717, 1.165) is 21.5 Å². The molecule has 0 aliphatic carbocycles. The van der Waals surface area contributed by atoms with E-state index < -0.39 is 0 Å². The zero-order chi connectivity index (χ0) is 16.5. The second-order valence-corrected chi connectivity index (χ2v) is 5.67. The Morgan fingerprint density at radius 2 is 1.25 bits per heavy atom. The van der Waals surface area contributed by atoms with Crippen molar-refractivity contribution in [1.82, 2.24) is 0 Å². The molecular formula is C22H13O2. The first-order valence-electron chi connectivity index (χ1n) is 7.72. The highest BCUT2D eigenvalue weighted by Gasteiger charge is 2.18. The molecule has 0 aliphatic rings. The summed E-state index contributed by atoms with van der Waals surface area (Å²) in [6.45, 7) is 0. The van der Waals surface area contributed by atoms with Crippen LogP contribution in [-0.2, 0) is 4.79 Å². The first kappa shape index (κ1) is 14.3. The second-order valence-electron chi connectivity index (χ2n) is 5.67. The molecule has 2 nitrogen and oxygen atoms in total. The molecule has 2 heteroatoms. The van der Waals surface area contributed by atoms with Gasteiger partial charge in [-0.2, -0.15) is 0 Å². The Kier molecular flexibility index (Phi) is 3.43. The lowest BCUT2D eigenvalue weighted by atomic mass is 9.92. The summed E-state index contributed by atoms with van der Waals surface area (Å²) in [5.74, 6) is -0.157. The fraction of sp³-hybridized carbons (Fsp3) is 0. The van der Waals surface area contributed by atoms with Gasteiger partial charge in [0.1, 0.15) is 0 Å². The third-order valence-corrected chi connectivity index (χ3v) is 4.31. The van der Waals surface area contributed by atoms with E-state index in [1.165, 1.54) is 0 Å². The van der Waals surface area contributed by atoms with E-state index in [2.05, 4.69) is 0 Å². The highest BCUT2D eigenvalue weighted by atomic mass is 16.1. The van der Waals surface area contributed by atoms with Crippen LogP contribution in [0.15, 0.2) is 78.9 Å². The summed E-state index contributed by atoms with van der Waals surface area (Å²) in [6, 6.07) is 24.5. The van der Waals surface area contributed by atoms with Crippen molar-refractivity contribution < 1.29 is 9.59 Å². The molecule has 0 spiro atoms. The molecule has 0 atom stereocenters. The molecule has 4 rings (SSSR count). The Bertz CT molecular complexity index is 1090. The van der Waals surface area contributed by atoms with Crippen molar-refractivity contribution in [2.45, 2.75) is 0 Å². The monoisotopic (exact) mass is 309 g/mol. The van der Waals surface area contributed by atoms with Crippen LogP contribution < -0.4 is 0 Å². The van der Waals surface area contributed by atoms with Crippen molar-refractivity contribution in [2.75, 3.05) is 0 Å². The zero-order valence-electron chi connectivity index (χ0n) is 12.8. The lowest BCUT2D eigenvalue weighted by Crippen LogP contribution is -2.06. The Labute approximate surface area is 139 Å². The Morgan fingerprint density at radius 1 is 0.625 bits per heavy atom.